The molecule has 4 nitrogen and oxygen atoms in total. The predicted molar refractivity (Wildman–Crippen MR) is 77.9 cm³/mol. The van der Waals surface area contributed by atoms with Gasteiger partial charge >= 0.3 is 5.97 Å². The van der Waals surface area contributed by atoms with E-state index < -0.39 is 5.97 Å². The maximum atomic E-state index is 11.8. The van der Waals surface area contributed by atoms with Gasteiger partial charge in [-0.3, -0.25) is 0 Å². The fourth-order valence-electron chi connectivity index (χ4n) is 1.80. The summed E-state index contributed by atoms with van der Waals surface area (Å²) < 4.78 is 10.3. The molecule has 0 unspecified atom stereocenters. The van der Waals surface area contributed by atoms with Crippen molar-refractivity contribution in [1.82, 2.24) is 0 Å². The van der Waals surface area contributed by atoms with Crippen LogP contribution in [-0.4, -0.2) is 19.0 Å². The van der Waals surface area contributed by atoms with E-state index >= 15 is 0 Å². The number of carbonyl (C=O) groups is 1. The molecule has 0 radical (unpaired) electrons. The summed E-state index contributed by atoms with van der Waals surface area (Å²) in [5, 5.41) is 3.89. The van der Waals surface area contributed by atoms with Gasteiger partial charge in [0, 0.05) is 5.56 Å². The Morgan fingerprint density at radius 1 is 1.35 bits per heavy atom. The molecule has 2 heterocycles. The minimum atomic E-state index is -0.436. The van der Waals surface area contributed by atoms with E-state index in [1.165, 1.54) is 0 Å². The highest BCUT2D eigenvalue weighted by Gasteiger charge is 2.24. The third kappa shape index (κ3) is 2.48. The van der Waals surface area contributed by atoms with E-state index in [1.807, 2.05) is 35.0 Å². The van der Waals surface area contributed by atoms with Crippen molar-refractivity contribution >= 4 is 29.3 Å². The zero-order valence-electron chi connectivity index (χ0n) is 10.7. The van der Waals surface area contributed by atoms with Crippen molar-refractivity contribution in [3.8, 4) is 5.75 Å². The van der Waals surface area contributed by atoms with E-state index in [0.717, 1.165) is 5.56 Å². The van der Waals surface area contributed by atoms with Crippen LogP contribution >= 0.6 is 11.3 Å². The molecule has 2 aromatic rings. The van der Waals surface area contributed by atoms with Crippen LogP contribution < -0.4 is 4.74 Å². The number of cyclic esters (lactones) is 1. The van der Waals surface area contributed by atoms with E-state index in [2.05, 4.69) is 4.99 Å². The molecular weight excluding hydrogens is 274 g/mol. The number of aliphatic imine (C=N–C) groups is 1. The zero-order valence-corrected chi connectivity index (χ0v) is 11.5. The summed E-state index contributed by atoms with van der Waals surface area (Å²) in [5.41, 5.74) is 1.96. The smallest absolute Gasteiger partial charge is 0.363 e. The lowest BCUT2D eigenvalue weighted by molar-refractivity contribution is -0.129. The van der Waals surface area contributed by atoms with Gasteiger partial charge < -0.3 is 9.47 Å². The lowest BCUT2D eigenvalue weighted by Crippen LogP contribution is -2.05. The van der Waals surface area contributed by atoms with Gasteiger partial charge in [0.05, 0.1) is 7.11 Å². The van der Waals surface area contributed by atoms with Crippen molar-refractivity contribution in [2.45, 2.75) is 0 Å². The molecular formula is C15H11NO3S. The van der Waals surface area contributed by atoms with E-state index in [1.54, 1.807) is 30.6 Å². The highest BCUT2D eigenvalue weighted by Crippen LogP contribution is 2.22. The predicted octanol–water partition coefficient (Wildman–Crippen LogP) is 3.10. The summed E-state index contributed by atoms with van der Waals surface area (Å²) in [6, 6.07) is 9.17. The molecule has 1 aromatic heterocycles. The van der Waals surface area contributed by atoms with Crippen LogP contribution in [0.15, 0.2) is 51.8 Å². The van der Waals surface area contributed by atoms with E-state index in [9.17, 15) is 4.79 Å². The Morgan fingerprint density at radius 3 is 3.00 bits per heavy atom. The van der Waals surface area contributed by atoms with Crippen molar-refractivity contribution < 1.29 is 14.3 Å². The molecule has 0 spiro atoms. The van der Waals surface area contributed by atoms with Crippen molar-refractivity contribution in [1.29, 1.82) is 0 Å². The number of esters is 1. The maximum absolute atomic E-state index is 11.8. The zero-order chi connectivity index (χ0) is 13.9. The highest BCUT2D eigenvalue weighted by molar-refractivity contribution is 7.08. The Balaban J connectivity index is 1.93. The molecule has 0 amide bonds. The van der Waals surface area contributed by atoms with Gasteiger partial charge in [0.25, 0.3) is 0 Å². The number of rotatable bonds is 3. The molecule has 3 rings (SSSR count). The SMILES string of the molecule is COc1cccc(C2=N/C(=C/c3ccsc3)C(=O)O2)c1. The first-order valence-corrected chi connectivity index (χ1v) is 6.90. The van der Waals surface area contributed by atoms with Crippen LogP contribution in [0.2, 0.25) is 0 Å². The van der Waals surface area contributed by atoms with Crippen LogP contribution in [-0.2, 0) is 9.53 Å². The summed E-state index contributed by atoms with van der Waals surface area (Å²) in [6.07, 6.45) is 1.71. The molecule has 0 saturated carbocycles. The molecule has 0 saturated heterocycles. The van der Waals surface area contributed by atoms with Gasteiger partial charge in [0.2, 0.25) is 5.90 Å². The van der Waals surface area contributed by atoms with Gasteiger partial charge in [-0.25, -0.2) is 9.79 Å². The summed E-state index contributed by atoms with van der Waals surface area (Å²) in [6.45, 7) is 0. The first-order valence-electron chi connectivity index (χ1n) is 5.95. The lowest BCUT2D eigenvalue weighted by atomic mass is 10.2. The average Bonchev–Trinajstić information content (AvgIpc) is 3.10. The molecule has 0 N–H and O–H groups in total. The molecule has 1 aliphatic heterocycles. The van der Waals surface area contributed by atoms with Gasteiger partial charge in [-0.2, -0.15) is 11.3 Å². The van der Waals surface area contributed by atoms with Crippen LogP contribution in [0.1, 0.15) is 11.1 Å². The van der Waals surface area contributed by atoms with Crippen molar-refractivity contribution in [3.05, 3.63) is 57.9 Å². The summed E-state index contributed by atoms with van der Waals surface area (Å²) in [4.78, 5) is 16.1. The van der Waals surface area contributed by atoms with Crippen molar-refractivity contribution in [2.75, 3.05) is 7.11 Å². The molecule has 0 bridgehead atoms. The fourth-order valence-corrected chi connectivity index (χ4v) is 2.42. The van der Waals surface area contributed by atoms with Gasteiger partial charge in [-0.05, 0) is 46.7 Å². The normalized spacial score (nSPS) is 16.1. The number of methoxy groups -OCH3 is 1. The molecule has 1 aliphatic rings. The summed E-state index contributed by atoms with van der Waals surface area (Å²) in [5.74, 6) is 0.556. The van der Waals surface area contributed by atoms with Gasteiger partial charge in [-0.15, -0.1) is 0 Å². The molecule has 0 fully saturated rings. The number of ether oxygens (including phenoxy) is 2. The Hall–Kier alpha value is -2.40. The first kappa shape index (κ1) is 12.6. The first-order chi connectivity index (χ1) is 9.76. The van der Waals surface area contributed by atoms with E-state index in [-0.39, 0.29) is 0 Å². The van der Waals surface area contributed by atoms with E-state index in [0.29, 0.717) is 22.9 Å². The topological polar surface area (TPSA) is 47.9 Å². The molecule has 0 atom stereocenters. The fraction of sp³-hybridized carbons (Fsp3) is 0.0667. The summed E-state index contributed by atoms with van der Waals surface area (Å²) >= 11 is 1.56. The van der Waals surface area contributed by atoms with Gasteiger partial charge in [-0.1, -0.05) is 6.07 Å². The third-order valence-electron chi connectivity index (χ3n) is 2.78. The van der Waals surface area contributed by atoms with Crippen LogP contribution in [0.3, 0.4) is 0 Å². The van der Waals surface area contributed by atoms with Crippen molar-refractivity contribution in [3.63, 3.8) is 0 Å². The number of carbonyl (C=O) groups excluding carboxylic acids is 1. The second-order valence-corrected chi connectivity index (χ2v) is 4.90. The minimum Gasteiger partial charge on any atom is -0.497 e. The number of hydrogen-bond donors (Lipinski definition) is 0. The maximum Gasteiger partial charge on any atom is 0.363 e. The standard InChI is InChI=1S/C15H11NO3S/c1-18-12-4-2-3-11(8-12)14-16-13(15(17)19-14)7-10-5-6-20-9-10/h2-9H,1H3/b13-7+. The number of hydrogen-bond acceptors (Lipinski definition) is 5. The Kier molecular flexibility index (Phi) is 3.35. The lowest BCUT2D eigenvalue weighted by Gasteiger charge is -2.02. The highest BCUT2D eigenvalue weighted by atomic mass is 32.1. The second-order valence-electron chi connectivity index (χ2n) is 4.12. The Morgan fingerprint density at radius 2 is 2.25 bits per heavy atom. The van der Waals surface area contributed by atoms with Crippen molar-refractivity contribution in [2.24, 2.45) is 4.99 Å². The molecule has 1 aromatic carbocycles. The minimum absolute atomic E-state index is 0.301. The monoisotopic (exact) mass is 285 g/mol. The number of benzene rings is 1. The van der Waals surface area contributed by atoms with Gasteiger partial charge in [0.15, 0.2) is 5.70 Å². The Labute approximate surface area is 120 Å². The van der Waals surface area contributed by atoms with E-state index in [4.69, 9.17) is 9.47 Å². The number of nitrogens with zero attached hydrogens (tertiary/aromatic N) is 1. The van der Waals surface area contributed by atoms with Crippen LogP contribution in [0.4, 0.5) is 0 Å². The van der Waals surface area contributed by atoms with Gasteiger partial charge in [0.1, 0.15) is 5.75 Å². The largest absolute Gasteiger partial charge is 0.497 e. The average molecular weight is 285 g/mol. The number of thiophene rings is 1. The second kappa shape index (κ2) is 5.30. The quantitative estimate of drug-likeness (QED) is 0.643. The van der Waals surface area contributed by atoms with Crippen LogP contribution in [0.5, 0.6) is 5.75 Å². The molecule has 5 heteroatoms. The third-order valence-corrected chi connectivity index (χ3v) is 3.49. The van der Waals surface area contributed by atoms with Crippen LogP contribution in [0.25, 0.3) is 6.08 Å². The molecule has 20 heavy (non-hydrogen) atoms. The molecule has 100 valence electrons. The van der Waals surface area contributed by atoms with Crippen LogP contribution in [0, 0.1) is 0 Å². The Bertz CT molecular complexity index is 702. The summed E-state index contributed by atoms with van der Waals surface area (Å²) in [7, 11) is 1.59. The molecule has 0 aliphatic carbocycles.